The SMILES string of the molecule is COc1cc(C)ccc1OC(CN)c1ccc(Br)cc1. The lowest BCUT2D eigenvalue weighted by Gasteiger charge is -2.20. The molecule has 20 heavy (non-hydrogen) atoms. The van der Waals surface area contributed by atoms with Crippen molar-refractivity contribution in [3.05, 3.63) is 58.1 Å². The second kappa shape index (κ2) is 6.77. The van der Waals surface area contributed by atoms with Crippen molar-refractivity contribution in [3.63, 3.8) is 0 Å². The first-order valence-corrected chi connectivity index (χ1v) is 7.20. The van der Waals surface area contributed by atoms with Gasteiger partial charge < -0.3 is 15.2 Å². The number of halogens is 1. The van der Waals surface area contributed by atoms with Crippen molar-refractivity contribution in [2.45, 2.75) is 13.0 Å². The Morgan fingerprint density at radius 2 is 1.80 bits per heavy atom. The summed E-state index contributed by atoms with van der Waals surface area (Å²) in [6.45, 7) is 2.42. The van der Waals surface area contributed by atoms with Crippen LogP contribution in [0, 0.1) is 6.92 Å². The van der Waals surface area contributed by atoms with Gasteiger partial charge in [0.25, 0.3) is 0 Å². The highest BCUT2D eigenvalue weighted by Crippen LogP contribution is 2.32. The maximum absolute atomic E-state index is 6.00. The minimum atomic E-state index is -0.195. The zero-order valence-electron chi connectivity index (χ0n) is 11.6. The Bertz CT molecular complexity index is 569. The Kier molecular flexibility index (Phi) is 5.04. The van der Waals surface area contributed by atoms with Gasteiger partial charge in [-0.3, -0.25) is 0 Å². The van der Waals surface area contributed by atoms with Crippen LogP contribution in [0.2, 0.25) is 0 Å². The van der Waals surface area contributed by atoms with Crippen molar-refractivity contribution in [2.24, 2.45) is 5.73 Å². The molecular weight excluding hydrogens is 318 g/mol. The van der Waals surface area contributed by atoms with Crippen LogP contribution in [0.25, 0.3) is 0 Å². The molecule has 106 valence electrons. The highest BCUT2D eigenvalue weighted by atomic mass is 79.9. The van der Waals surface area contributed by atoms with Crippen molar-refractivity contribution >= 4 is 15.9 Å². The molecule has 2 aromatic rings. The monoisotopic (exact) mass is 335 g/mol. The summed E-state index contributed by atoms with van der Waals surface area (Å²) < 4.78 is 12.4. The van der Waals surface area contributed by atoms with Crippen molar-refractivity contribution in [2.75, 3.05) is 13.7 Å². The number of hydrogen-bond acceptors (Lipinski definition) is 3. The van der Waals surface area contributed by atoms with E-state index in [-0.39, 0.29) is 6.10 Å². The van der Waals surface area contributed by atoms with Crippen molar-refractivity contribution in [1.82, 2.24) is 0 Å². The van der Waals surface area contributed by atoms with Gasteiger partial charge in [-0.1, -0.05) is 34.1 Å². The first kappa shape index (κ1) is 14.9. The van der Waals surface area contributed by atoms with Crippen molar-refractivity contribution in [1.29, 1.82) is 0 Å². The average Bonchev–Trinajstić information content (AvgIpc) is 2.47. The lowest BCUT2D eigenvalue weighted by atomic mass is 10.1. The second-order valence-corrected chi connectivity index (χ2v) is 5.46. The molecule has 0 aliphatic carbocycles. The normalized spacial score (nSPS) is 12.0. The number of aryl methyl sites for hydroxylation is 1. The summed E-state index contributed by atoms with van der Waals surface area (Å²) >= 11 is 3.42. The number of benzene rings is 2. The fourth-order valence-electron chi connectivity index (χ4n) is 1.96. The lowest BCUT2D eigenvalue weighted by Crippen LogP contribution is -2.18. The standard InChI is InChI=1S/C16H18BrNO2/c1-11-3-8-14(15(9-11)19-2)20-16(10-18)12-4-6-13(17)7-5-12/h3-9,16H,10,18H2,1-2H3. The van der Waals surface area contributed by atoms with Crippen molar-refractivity contribution < 1.29 is 9.47 Å². The fourth-order valence-corrected chi connectivity index (χ4v) is 2.22. The molecule has 0 aliphatic heterocycles. The van der Waals surface area contributed by atoms with Crippen LogP contribution < -0.4 is 15.2 Å². The Balaban J connectivity index is 2.24. The van der Waals surface area contributed by atoms with Crippen LogP contribution in [0.3, 0.4) is 0 Å². The molecule has 0 radical (unpaired) electrons. The van der Waals surface area contributed by atoms with Crippen LogP contribution in [-0.2, 0) is 0 Å². The van der Waals surface area contributed by atoms with Gasteiger partial charge in [0.2, 0.25) is 0 Å². The van der Waals surface area contributed by atoms with Gasteiger partial charge in [0.15, 0.2) is 11.5 Å². The summed E-state index contributed by atoms with van der Waals surface area (Å²) in [6.07, 6.45) is -0.195. The van der Waals surface area contributed by atoms with Crippen LogP contribution >= 0.6 is 15.9 Å². The quantitative estimate of drug-likeness (QED) is 0.902. The molecule has 2 N–H and O–H groups in total. The lowest BCUT2D eigenvalue weighted by molar-refractivity contribution is 0.204. The van der Waals surface area contributed by atoms with Crippen LogP contribution in [-0.4, -0.2) is 13.7 Å². The Labute approximate surface area is 127 Å². The van der Waals surface area contributed by atoms with E-state index < -0.39 is 0 Å². The molecule has 0 saturated heterocycles. The van der Waals surface area contributed by atoms with E-state index in [2.05, 4.69) is 15.9 Å². The molecule has 0 aromatic heterocycles. The zero-order chi connectivity index (χ0) is 14.5. The van der Waals surface area contributed by atoms with Crippen LogP contribution in [0.4, 0.5) is 0 Å². The van der Waals surface area contributed by atoms with Gasteiger partial charge in [0.05, 0.1) is 7.11 Å². The predicted molar refractivity (Wildman–Crippen MR) is 84.3 cm³/mol. The molecule has 0 heterocycles. The first-order chi connectivity index (χ1) is 9.63. The van der Waals surface area contributed by atoms with Gasteiger partial charge in [-0.15, -0.1) is 0 Å². The molecule has 0 amide bonds. The molecule has 2 rings (SSSR count). The van der Waals surface area contributed by atoms with Crippen LogP contribution in [0.5, 0.6) is 11.5 Å². The van der Waals surface area contributed by atoms with Gasteiger partial charge in [0, 0.05) is 11.0 Å². The van der Waals surface area contributed by atoms with E-state index in [1.807, 2.05) is 49.4 Å². The van der Waals surface area contributed by atoms with Gasteiger partial charge in [-0.25, -0.2) is 0 Å². The average molecular weight is 336 g/mol. The highest BCUT2D eigenvalue weighted by Gasteiger charge is 2.14. The van der Waals surface area contributed by atoms with E-state index in [0.29, 0.717) is 12.3 Å². The molecule has 0 aliphatic rings. The van der Waals surface area contributed by atoms with Gasteiger partial charge >= 0.3 is 0 Å². The summed E-state index contributed by atoms with van der Waals surface area (Å²) in [5, 5.41) is 0. The number of rotatable bonds is 5. The minimum Gasteiger partial charge on any atom is -0.493 e. The summed E-state index contributed by atoms with van der Waals surface area (Å²) in [4.78, 5) is 0. The topological polar surface area (TPSA) is 44.5 Å². The van der Waals surface area contributed by atoms with E-state index in [1.54, 1.807) is 7.11 Å². The maximum Gasteiger partial charge on any atom is 0.162 e. The molecule has 2 aromatic carbocycles. The fraction of sp³-hybridized carbons (Fsp3) is 0.250. The Morgan fingerprint density at radius 3 is 2.40 bits per heavy atom. The van der Waals surface area contributed by atoms with Crippen molar-refractivity contribution in [3.8, 4) is 11.5 Å². The highest BCUT2D eigenvalue weighted by molar-refractivity contribution is 9.10. The van der Waals surface area contributed by atoms with Crippen LogP contribution in [0.1, 0.15) is 17.2 Å². The summed E-state index contributed by atoms with van der Waals surface area (Å²) in [5.41, 5.74) is 8.00. The van der Waals surface area contributed by atoms with E-state index in [0.717, 1.165) is 21.3 Å². The molecule has 0 spiro atoms. The smallest absolute Gasteiger partial charge is 0.162 e. The molecule has 3 nitrogen and oxygen atoms in total. The molecule has 0 bridgehead atoms. The summed E-state index contributed by atoms with van der Waals surface area (Å²) in [7, 11) is 1.64. The van der Waals surface area contributed by atoms with Gasteiger partial charge in [0.1, 0.15) is 6.10 Å². The van der Waals surface area contributed by atoms with E-state index in [9.17, 15) is 0 Å². The Morgan fingerprint density at radius 1 is 1.10 bits per heavy atom. The number of hydrogen-bond donors (Lipinski definition) is 1. The third kappa shape index (κ3) is 3.52. The summed E-state index contributed by atoms with van der Waals surface area (Å²) in [5.74, 6) is 1.43. The summed E-state index contributed by atoms with van der Waals surface area (Å²) in [6, 6.07) is 13.8. The van der Waals surface area contributed by atoms with E-state index in [1.165, 1.54) is 0 Å². The van der Waals surface area contributed by atoms with Gasteiger partial charge in [-0.05, 0) is 42.3 Å². The van der Waals surface area contributed by atoms with E-state index >= 15 is 0 Å². The zero-order valence-corrected chi connectivity index (χ0v) is 13.2. The molecule has 1 unspecified atom stereocenters. The van der Waals surface area contributed by atoms with Gasteiger partial charge in [-0.2, -0.15) is 0 Å². The van der Waals surface area contributed by atoms with E-state index in [4.69, 9.17) is 15.2 Å². The predicted octanol–water partition coefficient (Wildman–Crippen LogP) is 3.84. The molecule has 0 saturated carbocycles. The molecule has 4 heteroatoms. The maximum atomic E-state index is 6.00. The number of methoxy groups -OCH3 is 1. The number of ether oxygens (including phenoxy) is 2. The molecule has 1 atom stereocenters. The largest absolute Gasteiger partial charge is 0.493 e. The number of nitrogens with two attached hydrogens (primary N) is 1. The van der Waals surface area contributed by atoms with Crippen LogP contribution in [0.15, 0.2) is 46.9 Å². The molecular formula is C16H18BrNO2. The first-order valence-electron chi connectivity index (χ1n) is 6.41. The third-order valence-electron chi connectivity index (χ3n) is 3.04. The third-order valence-corrected chi connectivity index (χ3v) is 3.57. The Hall–Kier alpha value is -1.52. The molecule has 0 fully saturated rings. The minimum absolute atomic E-state index is 0.195. The second-order valence-electron chi connectivity index (χ2n) is 4.55.